The van der Waals surface area contributed by atoms with Gasteiger partial charge in [-0.15, -0.1) is 0 Å². The van der Waals surface area contributed by atoms with E-state index in [1.165, 1.54) is 18.1 Å². The van der Waals surface area contributed by atoms with Crippen LogP contribution in [-0.4, -0.2) is 100 Å². The Bertz CT molecular complexity index is 1980. The number of likely N-dealkylation sites (tertiary alicyclic amines) is 1. The van der Waals surface area contributed by atoms with E-state index in [9.17, 15) is 29.7 Å². The maximum atomic E-state index is 14.1. The van der Waals surface area contributed by atoms with Gasteiger partial charge in [0.1, 0.15) is 5.75 Å². The van der Waals surface area contributed by atoms with Crippen molar-refractivity contribution in [2.45, 2.75) is 92.7 Å². The van der Waals surface area contributed by atoms with Gasteiger partial charge in [-0.05, 0) is 69.0 Å². The summed E-state index contributed by atoms with van der Waals surface area (Å²) in [5.74, 6) is -0.918. The van der Waals surface area contributed by atoms with Crippen LogP contribution in [-0.2, 0) is 30.0 Å². The van der Waals surface area contributed by atoms with Crippen molar-refractivity contribution in [2.75, 3.05) is 43.6 Å². The van der Waals surface area contributed by atoms with E-state index in [2.05, 4.69) is 22.0 Å². The normalized spacial score (nSPS) is 39.0. The molecular formula is C38H42N4O8. The van der Waals surface area contributed by atoms with Crippen molar-refractivity contribution in [1.82, 2.24) is 9.80 Å². The van der Waals surface area contributed by atoms with Gasteiger partial charge in [-0.3, -0.25) is 29.1 Å². The van der Waals surface area contributed by atoms with E-state index in [-0.39, 0.29) is 60.0 Å². The first-order valence-electron chi connectivity index (χ1n) is 18.0. The molecule has 0 aromatic heterocycles. The minimum absolute atomic E-state index is 0.113. The first kappa shape index (κ1) is 30.7. The summed E-state index contributed by atoms with van der Waals surface area (Å²) in [6, 6.07) is 6.21. The standard InChI is InChI=1S/C38H42N4O8/c1-4-27(44)41-25-11-13-34-12-6-16-40-18-15-36(25,38(34,40)50-29(46)20-34)22-19-23(33(49-3)32(47)31(22)41)35-14-17-39(2)26-9-10-28(45)42(37(26,35)48)30-21(35)7-5-8-24(30)43/h5-8,12,19,25-26,43,47-48H,4,9-11,13-18,20H2,1-3H3/t25-,26+,34-,35-,36-,37+,38+/m1/s1. The van der Waals surface area contributed by atoms with Crippen LogP contribution in [0.4, 0.5) is 11.4 Å². The molecule has 0 unspecified atom stereocenters. The van der Waals surface area contributed by atoms with Crippen LogP contribution < -0.4 is 14.5 Å². The minimum atomic E-state index is -1.84. The number of methoxy groups -OCH3 is 1. The van der Waals surface area contributed by atoms with Crippen molar-refractivity contribution >= 4 is 29.2 Å². The maximum Gasteiger partial charge on any atom is 0.308 e. The Kier molecular flexibility index (Phi) is 5.76. The van der Waals surface area contributed by atoms with Gasteiger partial charge in [0.05, 0.1) is 53.2 Å². The molecule has 262 valence electrons. The molecule has 1 aliphatic carbocycles. The molecule has 2 aromatic carbocycles. The van der Waals surface area contributed by atoms with E-state index in [0.29, 0.717) is 74.1 Å². The molecule has 10 rings (SSSR count). The Labute approximate surface area is 289 Å². The fourth-order valence-electron chi connectivity index (χ4n) is 12.7. The Morgan fingerprint density at radius 2 is 1.86 bits per heavy atom. The molecule has 5 fully saturated rings. The van der Waals surface area contributed by atoms with Crippen LogP contribution in [0, 0.1) is 5.41 Å². The number of nitrogens with zero attached hydrogens (tertiary/aromatic N) is 4. The third kappa shape index (κ3) is 2.90. The molecule has 8 aliphatic rings. The first-order valence-corrected chi connectivity index (χ1v) is 18.0. The summed E-state index contributed by atoms with van der Waals surface area (Å²) in [6.07, 6.45) is 7.53. The Morgan fingerprint density at radius 1 is 1.04 bits per heavy atom. The zero-order chi connectivity index (χ0) is 34.7. The highest BCUT2D eigenvalue weighted by Crippen LogP contribution is 2.75. The number of ether oxygens (including phenoxy) is 2. The number of anilines is 2. The molecule has 2 spiro atoms. The first-order chi connectivity index (χ1) is 24.0. The van der Waals surface area contributed by atoms with Gasteiger partial charge in [-0.25, -0.2) is 0 Å². The number of amides is 2. The summed E-state index contributed by atoms with van der Waals surface area (Å²) in [4.78, 5) is 49.0. The predicted molar refractivity (Wildman–Crippen MR) is 180 cm³/mol. The third-order valence-electron chi connectivity index (χ3n) is 14.3. The highest BCUT2D eigenvalue weighted by molar-refractivity contribution is 6.03. The van der Waals surface area contributed by atoms with E-state index in [0.717, 1.165) is 0 Å². The Morgan fingerprint density at radius 3 is 2.64 bits per heavy atom. The number of phenols is 2. The van der Waals surface area contributed by atoms with Crippen molar-refractivity contribution in [2.24, 2.45) is 5.41 Å². The molecule has 4 saturated heterocycles. The average Bonchev–Trinajstić information content (AvgIpc) is 3.77. The number of carbonyl (C=O) groups excluding carboxylic acids is 3. The summed E-state index contributed by atoms with van der Waals surface area (Å²) in [5.41, 5.74) is -3.36. The second-order valence-electron chi connectivity index (χ2n) is 15.7. The summed E-state index contributed by atoms with van der Waals surface area (Å²) < 4.78 is 12.8. The van der Waals surface area contributed by atoms with Crippen molar-refractivity contribution in [1.29, 1.82) is 0 Å². The number of rotatable bonds is 3. The number of hydrogen-bond acceptors (Lipinski definition) is 10. The number of piperidine rings is 2. The van der Waals surface area contributed by atoms with Crippen LogP contribution in [0.15, 0.2) is 36.4 Å². The quantitative estimate of drug-likeness (QED) is 0.327. The fourth-order valence-corrected chi connectivity index (χ4v) is 12.7. The van der Waals surface area contributed by atoms with E-state index in [1.807, 2.05) is 26.1 Å². The van der Waals surface area contributed by atoms with E-state index in [4.69, 9.17) is 9.47 Å². The molecule has 12 nitrogen and oxygen atoms in total. The van der Waals surface area contributed by atoms with Crippen molar-refractivity contribution < 1.29 is 39.2 Å². The molecule has 1 saturated carbocycles. The van der Waals surface area contributed by atoms with Crippen LogP contribution >= 0.6 is 0 Å². The molecule has 0 radical (unpaired) electrons. The van der Waals surface area contributed by atoms with Crippen LogP contribution in [0.25, 0.3) is 0 Å². The van der Waals surface area contributed by atoms with Gasteiger partial charge in [0.25, 0.3) is 0 Å². The lowest BCUT2D eigenvalue weighted by molar-refractivity contribution is -0.206. The number of benzene rings is 2. The molecule has 2 aromatic rings. The molecule has 0 bridgehead atoms. The molecule has 50 heavy (non-hydrogen) atoms. The summed E-state index contributed by atoms with van der Waals surface area (Å²) in [5, 5.41) is 37.4. The van der Waals surface area contributed by atoms with Crippen LogP contribution in [0.5, 0.6) is 17.2 Å². The summed E-state index contributed by atoms with van der Waals surface area (Å²) >= 11 is 0. The largest absolute Gasteiger partial charge is 0.506 e. The Balaban J connectivity index is 1.33. The topological polar surface area (TPSA) is 143 Å². The third-order valence-corrected chi connectivity index (χ3v) is 14.3. The monoisotopic (exact) mass is 682 g/mol. The number of fused-ring (bicyclic) bond motifs is 4. The highest BCUT2D eigenvalue weighted by atomic mass is 16.6. The number of aromatic hydroxyl groups is 2. The SMILES string of the molecule is CCC(=O)N1c2c(cc([C@@]34CCN(C)[C@H]5CCC(=O)N(c6c(O)cccc63)[C@]54O)c(OC)c2O)[C@]23CCN4CC=C[C@@]5(CC[C@@H]12)CC(=O)O[C@@]453. The van der Waals surface area contributed by atoms with Crippen molar-refractivity contribution in [3.63, 3.8) is 0 Å². The van der Waals surface area contributed by atoms with Gasteiger partial charge in [0, 0.05) is 31.5 Å². The number of aliphatic hydroxyl groups is 1. The van der Waals surface area contributed by atoms with E-state index < -0.39 is 39.8 Å². The van der Waals surface area contributed by atoms with Gasteiger partial charge in [-0.2, -0.15) is 0 Å². The van der Waals surface area contributed by atoms with Gasteiger partial charge in [-0.1, -0.05) is 31.2 Å². The van der Waals surface area contributed by atoms with Crippen LogP contribution in [0.1, 0.15) is 75.0 Å². The molecule has 12 heteroatoms. The predicted octanol–water partition coefficient (Wildman–Crippen LogP) is 2.99. The van der Waals surface area contributed by atoms with Gasteiger partial charge in [0.2, 0.25) is 11.8 Å². The lowest BCUT2D eigenvalue weighted by atomic mass is 9.51. The van der Waals surface area contributed by atoms with Gasteiger partial charge in [0.15, 0.2) is 22.9 Å². The second-order valence-corrected chi connectivity index (χ2v) is 15.7. The molecular weight excluding hydrogens is 640 g/mol. The number of para-hydroxylation sites is 1. The van der Waals surface area contributed by atoms with E-state index >= 15 is 0 Å². The zero-order valence-electron chi connectivity index (χ0n) is 28.6. The molecule has 7 atom stereocenters. The molecule has 7 heterocycles. The zero-order valence-corrected chi connectivity index (χ0v) is 28.6. The lowest BCUT2D eigenvalue weighted by Crippen LogP contribution is -2.75. The molecule has 2 amide bonds. The number of phenolic OH excluding ortho intramolecular Hbond substituents is 2. The highest BCUT2D eigenvalue weighted by Gasteiger charge is 2.82. The maximum absolute atomic E-state index is 14.1. The molecule has 3 N–H and O–H groups in total. The lowest BCUT2D eigenvalue weighted by Gasteiger charge is -2.60. The van der Waals surface area contributed by atoms with E-state index in [1.54, 1.807) is 11.0 Å². The van der Waals surface area contributed by atoms with Gasteiger partial charge < -0.3 is 29.7 Å². The number of carbonyl (C=O) groups is 3. The Hall–Kier alpha value is -4.13. The second kappa shape index (κ2) is 9.40. The smallest absolute Gasteiger partial charge is 0.308 e. The minimum Gasteiger partial charge on any atom is -0.506 e. The fraction of sp³-hybridized carbons (Fsp3) is 0.553. The van der Waals surface area contributed by atoms with Crippen molar-refractivity contribution in [3.05, 3.63) is 53.1 Å². The summed E-state index contributed by atoms with van der Waals surface area (Å²) in [6.45, 7) is 3.59. The van der Waals surface area contributed by atoms with Crippen LogP contribution in [0.2, 0.25) is 0 Å². The number of likely N-dealkylation sites (N-methyl/N-ethyl adjacent to an activating group) is 1. The van der Waals surface area contributed by atoms with Crippen LogP contribution in [0.3, 0.4) is 0 Å². The van der Waals surface area contributed by atoms with Crippen molar-refractivity contribution in [3.8, 4) is 17.2 Å². The number of hydrogen-bond donors (Lipinski definition) is 3. The summed E-state index contributed by atoms with van der Waals surface area (Å²) in [7, 11) is 3.41. The number of esters is 1. The van der Waals surface area contributed by atoms with Gasteiger partial charge >= 0.3 is 5.97 Å². The average molecular weight is 683 g/mol. The molecule has 7 aliphatic heterocycles.